The number of carboxylic acids is 1. The van der Waals surface area contributed by atoms with Crippen LogP contribution in [0.15, 0.2) is 0 Å². The number of hydrogen-bond acceptors (Lipinski definition) is 5. The Morgan fingerprint density at radius 1 is 1.07 bits per heavy atom. The Kier molecular flexibility index (Phi) is 4.62. The van der Waals surface area contributed by atoms with E-state index in [4.69, 9.17) is 5.11 Å². The van der Waals surface area contributed by atoms with Gasteiger partial charge in [0.05, 0.1) is 0 Å². The Hall–Kier alpha value is -1.59. The van der Waals surface area contributed by atoms with E-state index in [1.165, 1.54) is 13.8 Å². The van der Waals surface area contributed by atoms with Gasteiger partial charge in [-0.05, 0) is 13.8 Å². The molecule has 6 nitrogen and oxygen atoms in total. The SMILES string of the molecule is CC(=O)OC(C)C(=O)OC(C)C(=O)O. The Morgan fingerprint density at radius 3 is 1.93 bits per heavy atom. The van der Waals surface area contributed by atoms with Crippen LogP contribution in [-0.4, -0.2) is 35.2 Å². The molecule has 0 bridgehead atoms. The zero-order valence-corrected chi connectivity index (χ0v) is 8.14. The summed E-state index contributed by atoms with van der Waals surface area (Å²) in [7, 11) is 0. The van der Waals surface area contributed by atoms with Crippen molar-refractivity contribution in [3.63, 3.8) is 0 Å². The maximum absolute atomic E-state index is 11.0. The molecule has 0 aliphatic heterocycles. The van der Waals surface area contributed by atoms with Crippen LogP contribution in [0, 0.1) is 0 Å². The summed E-state index contributed by atoms with van der Waals surface area (Å²) < 4.78 is 8.94. The van der Waals surface area contributed by atoms with Gasteiger partial charge in [-0.15, -0.1) is 0 Å². The smallest absolute Gasteiger partial charge is 0.347 e. The molecule has 0 aliphatic carbocycles. The molecule has 1 N–H and O–H groups in total. The first-order chi connectivity index (χ1) is 6.34. The van der Waals surface area contributed by atoms with E-state index >= 15 is 0 Å². The molecular formula is C8H12O6. The molecule has 0 heterocycles. The van der Waals surface area contributed by atoms with Gasteiger partial charge in [0, 0.05) is 6.92 Å². The summed E-state index contributed by atoms with van der Waals surface area (Å²) in [5.41, 5.74) is 0. The fourth-order valence-electron chi connectivity index (χ4n) is 0.618. The van der Waals surface area contributed by atoms with E-state index in [9.17, 15) is 14.4 Å². The largest absolute Gasteiger partial charge is 0.479 e. The molecule has 0 spiro atoms. The zero-order chi connectivity index (χ0) is 11.3. The second-order valence-electron chi connectivity index (χ2n) is 2.67. The quantitative estimate of drug-likeness (QED) is 0.646. The number of carbonyl (C=O) groups is 3. The van der Waals surface area contributed by atoms with Crippen LogP contribution in [0.4, 0.5) is 0 Å². The van der Waals surface area contributed by atoms with E-state index < -0.39 is 30.1 Å². The Balaban J connectivity index is 4.07. The lowest BCUT2D eigenvalue weighted by Crippen LogP contribution is -2.31. The number of carbonyl (C=O) groups excluding carboxylic acids is 2. The average molecular weight is 204 g/mol. The van der Waals surface area contributed by atoms with Gasteiger partial charge in [-0.25, -0.2) is 9.59 Å². The Labute approximate surface area is 80.8 Å². The molecule has 0 aromatic carbocycles. The summed E-state index contributed by atoms with van der Waals surface area (Å²) in [5.74, 6) is -2.76. The minimum atomic E-state index is -1.26. The third-order valence-electron chi connectivity index (χ3n) is 1.32. The Bertz CT molecular complexity index is 246. The fourth-order valence-corrected chi connectivity index (χ4v) is 0.618. The summed E-state index contributed by atoms with van der Waals surface area (Å²) in [6.45, 7) is 3.66. The number of rotatable bonds is 4. The summed E-state index contributed by atoms with van der Waals surface area (Å²) >= 11 is 0. The molecule has 0 rings (SSSR count). The average Bonchev–Trinajstić information content (AvgIpc) is 2.02. The number of aliphatic carboxylic acids is 1. The van der Waals surface area contributed by atoms with Gasteiger partial charge in [0.1, 0.15) is 0 Å². The molecule has 2 unspecified atom stereocenters. The third kappa shape index (κ3) is 4.44. The van der Waals surface area contributed by atoms with Crippen LogP contribution in [-0.2, 0) is 23.9 Å². The molecular weight excluding hydrogens is 192 g/mol. The lowest BCUT2D eigenvalue weighted by atomic mass is 10.4. The highest BCUT2D eigenvalue weighted by Crippen LogP contribution is 1.99. The molecule has 2 atom stereocenters. The van der Waals surface area contributed by atoms with Crippen molar-refractivity contribution in [2.24, 2.45) is 0 Å². The number of esters is 2. The molecule has 0 aromatic rings. The van der Waals surface area contributed by atoms with Crippen molar-refractivity contribution in [3.05, 3.63) is 0 Å². The molecule has 14 heavy (non-hydrogen) atoms. The number of ether oxygens (including phenoxy) is 2. The van der Waals surface area contributed by atoms with E-state index in [0.717, 1.165) is 6.92 Å². The first kappa shape index (κ1) is 12.4. The topological polar surface area (TPSA) is 89.9 Å². The second kappa shape index (κ2) is 5.21. The highest BCUT2D eigenvalue weighted by Gasteiger charge is 2.22. The molecule has 0 radical (unpaired) electrons. The van der Waals surface area contributed by atoms with Crippen LogP contribution in [0.5, 0.6) is 0 Å². The first-order valence-corrected chi connectivity index (χ1v) is 3.95. The summed E-state index contributed by atoms with van der Waals surface area (Å²) in [5, 5.41) is 8.41. The predicted molar refractivity (Wildman–Crippen MR) is 44.4 cm³/mol. The Morgan fingerprint density at radius 2 is 1.57 bits per heavy atom. The zero-order valence-electron chi connectivity index (χ0n) is 8.14. The standard InChI is InChI=1S/C8H12O6/c1-4(7(10)11)14-8(12)5(2)13-6(3)9/h4-5H,1-3H3,(H,10,11). The van der Waals surface area contributed by atoms with Crippen LogP contribution >= 0.6 is 0 Å². The van der Waals surface area contributed by atoms with Gasteiger partial charge in [0.25, 0.3) is 0 Å². The molecule has 6 heteroatoms. The minimum Gasteiger partial charge on any atom is -0.479 e. The van der Waals surface area contributed by atoms with Gasteiger partial charge >= 0.3 is 17.9 Å². The van der Waals surface area contributed by atoms with E-state index in [1.54, 1.807) is 0 Å². The van der Waals surface area contributed by atoms with E-state index in [0.29, 0.717) is 0 Å². The van der Waals surface area contributed by atoms with Crippen molar-refractivity contribution in [1.29, 1.82) is 0 Å². The molecule has 0 amide bonds. The maximum atomic E-state index is 11.0. The molecule has 0 saturated heterocycles. The van der Waals surface area contributed by atoms with Gasteiger partial charge in [-0.3, -0.25) is 4.79 Å². The highest BCUT2D eigenvalue weighted by molar-refractivity contribution is 5.81. The number of hydrogen-bond donors (Lipinski definition) is 1. The van der Waals surface area contributed by atoms with Crippen molar-refractivity contribution in [3.8, 4) is 0 Å². The lowest BCUT2D eigenvalue weighted by molar-refractivity contribution is -0.174. The van der Waals surface area contributed by atoms with Gasteiger partial charge in [0.15, 0.2) is 12.2 Å². The minimum absolute atomic E-state index is 0.627. The summed E-state index contributed by atoms with van der Waals surface area (Å²) in [6, 6.07) is 0. The van der Waals surface area contributed by atoms with Crippen LogP contribution in [0.1, 0.15) is 20.8 Å². The third-order valence-corrected chi connectivity index (χ3v) is 1.32. The number of carboxylic acid groups (broad SMARTS) is 1. The molecule has 0 aliphatic rings. The highest BCUT2D eigenvalue weighted by atomic mass is 16.6. The van der Waals surface area contributed by atoms with Crippen molar-refractivity contribution in [1.82, 2.24) is 0 Å². The van der Waals surface area contributed by atoms with Gasteiger partial charge in [-0.2, -0.15) is 0 Å². The first-order valence-electron chi connectivity index (χ1n) is 3.95. The molecule has 0 saturated carbocycles. The molecule has 0 fully saturated rings. The second-order valence-corrected chi connectivity index (χ2v) is 2.67. The predicted octanol–water partition coefficient (Wildman–Crippen LogP) is -0.0457. The van der Waals surface area contributed by atoms with Crippen LogP contribution in [0.2, 0.25) is 0 Å². The van der Waals surface area contributed by atoms with Gasteiger partial charge < -0.3 is 14.6 Å². The van der Waals surface area contributed by atoms with E-state index in [-0.39, 0.29) is 0 Å². The van der Waals surface area contributed by atoms with Crippen LogP contribution in [0.25, 0.3) is 0 Å². The summed E-state index contributed by atoms with van der Waals surface area (Å²) in [6.07, 6.45) is -2.34. The van der Waals surface area contributed by atoms with Crippen LogP contribution < -0.4 is 0 Å². The van der Waals surface area contributed by atoms with E-state index in [2.05, 4.69) is 9.47 Å². The van der Waals surface area contributed by atoms with Gasteiger partial charge in [0.2, 0.25) is 0 Å². The van der Waals surface area contributed by atoms with Crippen molar-refractivity contribution in [2.75, 3.05) is 0 Å². The van der Waals surface area contributed by atoms with Crippen LogP contribution in [0.3, 0.4) is 0 Å². The molecule has 0 aromatic heterocycles. The monoisotopic (exact) mass is 204 g/mol. The van der Waals surface area contributed by atoms with E-state index in [1.807, 2.05) is 0 Å². The van der Waals surface area contributed by atoms with Crippen molar-refractivity contribution >= 4 is 17.9 Å². The maximum Gasteiger partial charge on any atom is 0.347 e. The fraction of sp³-hybridized carbons (Fsp3) is 0.625. The lowest BCUT2D eigenvalue weighted by Gasteiger charge is -2.13. The molecule has 80 valence electrons. The summed E-state index contributed by atoms with van der Waals surface area (Å²) in [4.78, 5) is 31.8. The van der Waals surface area contributed by atoms with Gasteiger partial charge in [-0.1, -0.05) is 0 Å². The van der Waals surface area contributed by atoms with Crippen molar-refractivity contribution in [2.45, 2.75) is 33.0 Å². The van der Waals surface area contributed by atoms with Crippen molar-refractivity contribution < 1.29 is 29.0 Å². The normalized spacial score (nSPS) is 13.9.